The molecule has 0 unspecified atom stereocenters. The number of benzene rings is 1. The van der Waals surface area contributed by atoms with E-state index in [1.54, 1.807) is 12.1 Å². The van der Waals surface area contributed by atoms with E-state index in [1.807, 2.05) is 14.1 Å². The number of halogens is 1. The summed E-state index contributed by atoms with van der Waals surface area (Å²) in [5.74, 6) is -0.192. The minimum Gasteiger partial charge on any atom is -1.00 e. The Hall–Kier alpha value is -1.15. The Morgan fingerprint density at radius 2 is 1.75 bits per heavy atom. The van der Waals surface area contributed by atoms with Crippen molar-refractivity contribution in [2.75, 3.05) is 32.5 Å². The molecule has 0 aliphatic heterocycles. The van der Waals surface area contributed by atoms with Crippen molar-refractivity contribution in [1.29, 1.82) is 0 Å². The third-order valence-corrected chi connectivity index (χ3v) is 3.88. The molecule has 0 fully saturated rings. The molecule has 20 heavy (non-hydrogen) atoms. The molecule has 1 aromatic rings. The number of rotatable bonds is 6. The topological polar surface area (TPSA) is 79.7 Å². The average molecular weight is 322 g/mol. The van der Waals surface area contributed by atoms with Crippen molar-refractivity contribution < 1.29 is 30.5 Å². The van der Waals surface area contributed by atoms with Crippen molar-refractivity contribution in [3.63, 3.8) is 0 Å². The lowest BCUT2D eigenvalue weighted by molar-refractivity contribution is -0.856. The van der Waals surface area contributed by atoms with Gasteiger partial charge in [0.1, 0.15) is 0 Å². The van der Waals surface area contributed by atoms with E-state index in [9.17, 15) is 13.2 Å². The van der Waals surface area contributed by atoms with E-state index in [1.165, 1.54) is 24.0 Å². The van der Waals surface area contributed by atoms with Crippen LogP contribution in [0.2, 0.25) is 0 Å². The number of hydrogen-bond donors (Lipinski definition) is 3. The number of hydrogen-bond acceptors (Lipinski definition) is 3. The minimum atomic E-state index is -3.48. The fourth-order valence-corrected chi connectivity index (χ4v) is 2.47. The first-order valence-corrected chi connectivity index (χ1v) is 7.46. The van der Waals surface area contributed by atoms with Gasteiger partial charge in [-0.1, -0.05) is 0 Å². The molecular formula is C12H20ClN3O3S. The number of quaternary nitrogens is 1. The van der Waals surface area contributed by atoms with Crippen molar-refractivity contribution in [2.45, 2.75) is 11.8 Å². The fourth-order valence-electron chi connectivity index (χ4n) is 1.44. The summed E-state index contributed by atoms with van der Waals surface area (Å²) in [6.07, 6.45) is 0. The van der Waals surface area contributed by atoms with E-state index >= 15 is 0 Å². The Morgan fingerprint density at radius 1 is 1.20 bits per heavy atom. The molecule has 0 aromatic heterocycles. The van der Waals surface area contributed by atoms with E-state index in [0.717, 1.165) is 0 Å². The first kappa shape index (κ1) is 18.9. The van der Waals surface area contributed by atoms with Crippen LogP contribution < -0.4 is 27.3 Å². The molecule has 3 N–H and O–H groups in total. The van der Waals surface area contributed by atoms with Crippen LogP contribution in [0.5, 0.6) is 0 Å². The summed E-state index contributed by atoms with van der Waals surface area (Å²) in [5.41, 5.74) is 0.573. The smallest absolute Gasteiger partial charge is 0.240 e. The Balaban J connectivity index is 0.00000361. The number of nitrogens with one attached hydrogen (secondary N) is 3. The molecule has 0 saturated carbocycles. The van der Waals surface area contributed by atoms with Crippen molar-refractivity contribution >= 4 is 21.6 Å². The molecule has 0 aliphatic rings. The zero-order valence-electron chi connectivity index (χ0n) is 11.7. The maximum Gasteiger partial charge on any atom is 0.240 e. The lowest BCUT2D eigenvalue weighted by Crippen LogP contribution is -3.06. The maximum absolute atomic E-state index is 11.9. The van der Waals surface area contributed by atoms with Crippen molar-refractivity contribution in [3.05, 3.63) is 24.3 Å². The van der Waals surface area contributed by atoms with Crippen LogP contribution in [0.25, 0.3) is 0 Å². The maximum atomic E-state index is 11.9. The number of amides is 1. The molecule has 1 amide bonds. The quantitative estimate of drug-likeness (QED) is 0.501. The second-order valence-electron chi connectivity index (χ2n) is 4.56. The molecule has 0 saturated heterocycles. The van der Waals surface area contributed by atoms with Crippen LogP contribution >= 0.6 is 0 Å². The number of carbonyl (C=O) groups is 1. The molecular weight excluding hydrogens is 302 g/mol. The van der Waals surface area contributed by atoms with Gasteiger partial charge in [-0.05, 0) is 24.3 Å². The summed E-state index contributed by atoms with van der Waals surface area (Å²) in [5, 5.41) is 2.58. The highest BCUT2D eigenvalue weighted by Gasteiger charge is 2.13. The van der Waals surface area contributed by atoms with Crippen molar-refractivity contribution in [2.24, 2.45) is 0 Å². The highest BCUT2D eigenvalue weighted by Crippen LogP contribution is 2.13. The van der Waals surface area contributed by atoms with Gasteiger partial charge in [0.05, 0.1) is 32.1 Å². The molecule has 114 valence electrons. The fraction of sp³-hybridized carbons (Fsp3) is 0.417. The molecule has 8 heteroatoms. The van der Waals surface area contributed by atoms with Crippen LogP contribution in [-0.4, -0.2) is 41.5 Å². The highest BCUT2D eigenvalue weighted by molar-refractivity contribution is 7.89. The first-order valence-electron chi connectivity index (χ1n) is 5.97. The van der Waals surface area contributed by atoms with Gasteiger partial charge >= 0.3 is 0 Å². The predicted octanol–water partition coefficient (Wildman–Crippen LogP) is -3.93. The summed E-state index contributed by atoms with van der Waals surface area (Å²) < 4.78 is 26.4. The Labute approximate surface area is 126 Å². The molecule has 0 spiro atoms. The first-order chi connectivity index (χ1) is 8.81. The van der Waals surface area contributed by atoms with E-state index in [0.29, 0.717) is 18.8 Å². The number of likely N-dealkylation sites (N-methyl/N-ethyl adjacent to an activating group) is 1. The van der Waals surface area contributed by atoms with Gasteiger partial charge in [-0.25, -0.2) is 13.1 Å². The summed E-state index contributed by atoms with van der Waals surface area (Å²) in [6, 6.07) is 6.06. The number of carbonyl (C=O) groups excluding carboxylic acids is 1. The predicted molar refractivity (Wildman–Crippen MR) is 73.6 cm³/mol. The summed E-state index contributed by atoms with van der Waals surface area (Å²) >= 11 is 0. The Bertz CT molecular complexity index is 529. The SMILES string of the molecule is CC(=O)Nc1ccc(S(=O)(=O)NCC[NH+](C)C)cc1.[Cl-]. The lowest BCUT2D eigenvalue weighted by Gasteiger charge is -2.09. The molecule has 0 bridgehead atoms. The third-order valence-electron chi connectivity index (χ3n) is 2.40. The number of anilines is 1. The lowest BCUT2D eigenvalue weighted by atomic mass is 10.3. The van der Waals surface area contributed by atoms with Gasteiger partial charge in [0.15, 0.2) is 0 Å². The van der Waals surface area contributed by atoms with Crippen LogP contribution in [0.15, 0.2) is 29.2 Å². The zero-order valence-corrected chi connectivity index (χ0v) is 13.3. The molecule has 1 rings (SSSR count). The Morgan fingerprint density at radius 3 is 2.20 bits per heavy atom. The molecule has 6 nitrogen and oxygen atoms in total. The second kappa shape index (κ2) is 8.21. The van der Waals surface area contributed by atoms with Gasteiger partial charge in [0.2, 0.25) is 15.9 Å². The van der Waals surface area contributed by atoms with Gasteiger partial charge in [-0.3, -0.25) is 4.79 Å². The van der Waals surface area contributed by atoms with Crippen molar-refractivity contribution in [3.8, 4) is 0 Å². The normalized spacial score (nSPS) is 11.0. The van der Waals surface area contributed by atoms with Crippen LogP contribution in [-0.2, 0) is 14.8 Å². The van der Waals surface area contributed by atoms with E-state index in [-0.39, 0.29) is 23.2 Å². The van der Waals surface area contributed by atoms with Crippen LogP contribution in [0.3, 0.4) is 0 Å². The largest absolute Gasteiger partial charge is 1.00 e. The van der Waals surface area contributed by atoms with E-state index < -0.39 is 10.0 Å². The van der Waals surface area contributed by atoms with Gasteiger partial charge in [-0.2, -0.15) is 0 Å². The average Bonchev–Trinajstić information content (AvgIpc) is 2.28. The zero-order chi connectivity index (χ0) is 14.5. The molecule has 0 atom stereocenters. The van der Waals surface area contributed by atoms with Gasteiger partial charge in [-0.15, -0.1) is 0 Å². The summed E-state index contributed by atoms with van der Waals surface area (Å²) in [7, 11) is 0.433. The summed E-state index contributed by atoms with van der Waals surface area (Å²) in [6.45, 7) is 2.50. The monoisotopic (exact) mass is 321 g/mol. The second-order valence-corrected chi connectivity index (χ2v) is 6.33. The molecule has 0 heterocycles. The third kappa shape index (κ3) is 6.33. The van der Waals surface area contributed by atoms with Gasteiger partial charge in [0.25, 0.3) is 0 Å². The van der Waals surface area contributed by atoms with Gasteiger partial charge < -0.3 is 22.6 Å². The summed E-state index contributed by atoms with van der Waals surface area (Å²) in [4.78, 5) is 12.2. The van der Waals surface area contributed by atoms with Crippen LogP contribution in [0.1, 0.15) is 6.92 Å². The number of sulfonamides is 1. The highest BCUT2D eigenvalue weighted by atomic mass is 35.5. The van der Waals surface area contributed by atoms with Crippen LogP contribution in [0.4, 0.5) is 5.69 Å². The van der Waals surface area contributed by atoms with Crippen molar-refractivity contribution in [1.82, 2.24) is 4.72 Å². The van der Waals surface area contributed by atoms with E-state index in [2.05, 4.69) is 10.0 Å². The Kier molecular flexibility index (Phi) is 7.74. The van der Waals surface area contributed by atoms with Crippen LogP contribution in [0, 0.1) is 0 Å². The van der Waals surface area contributed by atoms with Gasteiger partial charge in [0, 0.05) is 12.6 Å². The molecule has 1 aromatic carbocycles. The molecule has 0 radical (unpaired) electrons. The van der Waals surface area contributed by atoms with E-state index in [4.69, 9.17) is 0 Å². The standard InChI is InChI=1S/C12H19N3O3S.ClH/c1-10(16)14-11-4-6-12(7-5-11)19(17,18)13-8-9-15(2)3;/h4-7,13H,8-9H2,1-3H3,(H,14,16);1H. The minimum absolute atomic E-state index is 0. The molecule has 0 aliphatic carbocycles.